The second-order valence-corrected chi connectivity index (χ2v) is 5.02. The molecule has 1 amide bonds. The van der Waals surface area contributed by atoms with E-state index >= 15 is 0 Å². The van der Waals surface area contributed by atoms with Crippen molar-refractivity contribution >= 4 is 12.0 Å². The molecule has 1 N–H and O–H groups in total. The summed E-state index contributed by atoms with van der Waals surface area (Å²) in [5.41, 5.74) is 2.24. The molecule has 114 valence electrons. The minimum absolute atomic E-state index is 0.00436. The normalized spacial score (nSPS) is 10.6. The highest BCUT2D eigenvalue weighted by atomic mass is 16.5. The molecule has 3 heteroatoms. The van der Waals surface area contributed by atoms with Gasteiger partial charge in [0.1, 0.15) is 12.4 Å². The molecule has 22 heavy (non-hydrogen) atoms. The number of hydrogen-bond donors (Lipinski definition) is 1. The van der Waals surface area contributed by atoms with E-state index in [1.54, 1.807) is 0 Å². The Morgan fingerprint density at radius 3 is 2.73 bits per heavy atom. The monoisotopic (exact) mass is 295 g/mol. The van der Waals surface area contributed by atoms with Gasteiger partial charge in [-0.15, -0.1) is 0 Å². The third-order valence-corrected chi connectivity index (χ3v) is 3.10. The Morgan fingerprint density at radius 1 is 1.14 bits per heavy atom. The maximum Gasteiger partial charge on any atom is 0.216 e. The second kappa shape index (κ2) is 8.67. The van der Waals surface area contributed by atoms with Crippen LogP contribution >= 0.6 is 0 Å². The Morgan fingerprint density at radius 2 is 1.95 bits per heavy atom. The van der Waals surface area contributed by atoms with Crippen LogP contribution in [0.4, 0.5) is 0 Å². The van der Waals surface area contributed by atoms with Crippen LogP contribution in [0.25, 0.3) is 6.08 Å². The number of amides is 1. The van der Waals surface area contributed by atoms with E-state index in [0.29, 0.717) is 13.2 Å². The van der Waals surface area contributed by atoms with Crippen LogP contribution in [0.1, 0.15) is 24.5 Å². The average Bonchev–Trinajstić information content (AvgIpc) is 2.54. The SMILES string of the molecule is CC(=O)NCCC=Cc1cccc(OCc2ccccc2)c1. The fourth-order valence-electron chi connectivity index (χ4n) is 2.00. The van der Waals surface area contributed by atoms with Crippen molar-refractivity contribution in [2.24, 2.45) is 0 Å². The average molecular weight is 295 g/mol. The number of nitrogens with one attached hydrogen (secondary N) is 1. The summed E-state index contributed by atoms with van der Waals surface area (Å²) in [4.78, 5) is 10.8. The number of carbonyl (C=O) groups is 1. The molecule has 0 radical (unpaired) electrons. The molecule has 0 saturated carbocycles. The van der Waals surface area contributed by atoms with Crippen molar-refractivity contribution in [1.82, 2.24) is 5.32 Å². The first-order chi connectivity index (χ1) is 10.7. The Balaban J connectivity index is 1.84. The van der Waals surface area contributed by atoms with Crippen molar-refractivity contribution in [3.8, 4) is 5.75 Å². The van der Waals surface area contributed by atoms with Gasteiger partial charge in [-0.1, -0.05) is 54.6 Å². The van der Waals surface area contributed by atoms with E-state index < -0.39 is 0 Å². The van der Waals surface area contributed by atoms with Gasteiger partial charge in [0.25, 0.3) is 0 Å². The molecule has 0 bridgehead atoms. The van der Waals surface area contributed by atoms with Crippen molar-refractivity contribution in [2.45, 2.75) is 20.0 Å². The van der Waals surface area contributed by atoms with Crippen LogP contribution in [0.5, 0.6) is 5.75 Å². The topological polar surface area (TPSA) is 38.3 Å². The van der Waals surface area contributed by atoms with E-state index in [2.05, 4.69) is 5.32 Å². The van der Waals surface area contributed by atoms with Gasteiger partial charge in [0.15, 0.2) is 0 Å². The third-order valence-electron chi connectivity index (χ3n) is 3.10. The van der Waals surface area contributed by atoms with Gasteiger partial charge in [-0.2, -0.15) is 0 Å². The van der Waals surface area contributed by atoms with Crippen molar-refractivity contribution in [1.29, 1.82) is 0 Å². The number of ether oxygens (including phenoxy) is 1. The van der Waals surface area contributed by atoms with Crippen LogP contribution in [-0.4, -0.2) is 12.5 Å². The second-order valence-electron chi connectivity index (χ2n) is 5.02. The van der Waals surface area contributed by atoms with Gasteiger partial charge in [-0.25, -0.2) is 0 Å². The number of hydrogen-bond acceptors (Lipinski definition) is 2. The summed E-state index contributed by atoms with van der Waals surface area (Å²) in [7, 11) is 0. The zero-order chi connectivity index (χ0) is 15.6. The van der Waals surface area contributed by atoms with Gasteiger partial charge in [0.2, 0.25) is 5.91 Å². The predicted molar refractivity (Wildman–Crippen MR) is 89.6 cm³/mol. The zero-order valence-corrected chi connectivity index (χ0v) is 12.8. The maximum absolute atomic E-state index is 10.8. The van der Waals surface area contributed by atoms with Gasteiger partial charge in [-0.3, -0.25) is 4.79 Å². The highest BCUT2D eigenvalue weighted by Gasteiger charge is 1.96. The smallest absolute Gasteiger partial charge is 0.216 e. The van der Waals surface area contributed by atoms with Crippen molar-refractivity contribution in [3.05, 3.63) is 71.8 Å². The molecular formula is C19H21NO2. The third kappa shape index (κ3) is 5.83. The van der Waals surface area contributed by atoms with E-state index in [1.807, 2.05) is 66.7 Å². The Hall–Kier alpha value is -2.55. The zero-order valence-electron chi connectivity index (χ0n) is 12.8. The standard InChI is InChI=1S/C19H21NO2/c1-16(21)20-13-6-5-8-17-11-7-12-19(14-17)22-15-18-9-3-2-4-10-18/h2-5,7-12,14H,6,13,15H2,1H3,(H,20,21). The van der Waals surface area contributed by atoms with Crippen LogP contribution in [0.3, 0.4) is 0 Å². The van der Waals surface area contributed by atoms with Gasteiger partial charge in [0, 0.05) is 13.5 Å². The van der Waals surface area contributed by atoms with Crippen molar-refractivity contribution in [3.63, 3.8) is 0 Å². The van der Waals surface area contributed by atoms with Crippen LogP contribution in [0.2, 0.25) is 0 Å². The molecule has 0 aliphatic heterocycles. The minimum Gasteiger partial charge on any atom is -0.489 e. The quantitative estimate of drug-likeness (QED) is 0.789. The summed E-state index contributed by atoms with van der Waals surface area (Å²) in [5, 5.41) is 2.77. The maximum atomic E-state index is 10.8. The molecule has 0 saturated heterocycles. The largest absolute Gasteiger partial charge is 0.489 e. The van der Waals surface area contributed by atoms with Gasteiger partial charge < -0.3 is 10.1 Å². The molecule has 2 rings (SSSR count). The summed E-state index contributed by atoms with van der Waals surface area (Å²) < 4.78 is 5.80. The van der Waals surface area contributed by atoms with Crippen LogP contribution < -0.4 is 10.1 Å². The lowest BCUT2D eigenvalue weighted by atomic mass is 10.2. The molecule has 0 fully saturated rings. The fraction of sp³-hybridized carbons (Fsp3) is 0.211. The fourth-order valence-corrected chi connectivity index (χ4v) is 2.00. The van der Waals surface area contributed by atoms with E-state index in [0.717, 1.165) is 23.3 Å². The first-order valence-corrected chi connectivity index (χ1v) is 7.42. The molecule has 3 nitrogen and oxygen atoms in total. The molecule has 0 aliphatic rings. The van der Waals surface area contributed by atoms with Crippen molar-refractivity contribution < 1.29 is 9.53 Å². The van der Waals surface area contributed by atoms with Crippen molar-refractivity contribution in [2.75, 3.05) is 6.54 Å². The van der Waals surface area contributed by atoms with E-state index in [9.17, 15) is 4.79 Å². The van der Waals surface area contributed by atoms with E-state index in [4.69, 9.17) is 4.74 Å². The number of rotatable bonds is 7. The summed E-state index contributed by atoms with van der Waals surface area (Å²) >= 11 is 0. The Bertz CT molecular complexity index is 620. The number of benzene rings is 2. The molecule has 2 aromatic rings. The van der Waals surface area contributed by atoms with E-state index in [1.165, 1.54) is 6.92 Å². The van der Waals surface area contributed by atoms with Crippen LogP contribution in [0.15, 0.2) is 60.7 Å². The predicted octanol–water partition coefficient (Wildman–Crippen LogP) is 3.81. The summed E-state index contributed by atoms with van der Waals surface area (Å²) in [6.07, 6.45) is 4.90. The lowest BCUT2D eigenvalue weighted by molar-refractivity contribution is -0.118. The lowest BCUT2D eigenvalue weighted by Gasteiger charge is -2.07. The summed E-state index contributed by atoms with van der Waals surface area (Å²) in [5.74, 6) is 0.859. The minimum atomic E-state index is 0.00436. The summed E-state index contributed by atoms with van der Waals surface area (Å²) in [6.45, 7) is 2.75. The molecule has 0 aromatic heterocycles. The molecule has 0 heterocycles. The Kier molecular flexibility index (Phi) is 6.24. The molecule has 0 aliphatic carbocycles. The van der Waals surface area contributed by atoms with Gasteiger partial charge in [0.05, 0.1) is 0 Å². The Labute approximate surface area is 131 Å². The first-order valence-electron chi connectivity index (χ1n) is 7.42. The highest BCUT2D eigenvalue weighted by molar-refractivity contribution is 5.72. The molecule has 0 atom stereocenters. The van der Waals surface area contributed by atoms with Crippen LogP contribution in [0, 0.1) is 0 Å². The summed E-state index contributed by atoms with van der Waals surface area (Å²) in [6, 6.07) is 18.1. The van der Waals surface area contributed by atoms with Gasteiger partial charge >= 0.3 is 0 Å². The lowest BCUT2D eigenvalue weighted by Crippen LogP contribution is -2.20. The highest BCUT2D eigenvalue weighted by Crippen LogP contribution is 2.16. The molecule has 0 unspecified atom stereocenters. The molecular weight excluding hydrogens is 274 g/mol. The molecule has 2 aromatic carbocycles. The van der Waals surface area contributed by atoms with E-state index in [-0.39, 0.29) is 5.91 Å². The van der Waals surface area contributed by atoms with Crippen LogP contribution in [-0.2, 0) is 11.4 Å². The first kappa shape index (κ1) is 15.8. The number of carbonyl (C=O) groups excluding carboxylic acids is 1. The van der Waals surface area contributed by atoms with Gasteiger partial charge in [-0.05, 0) is 29.7 Å². The molecule has 0 spiro atoms.